The molecular formula is C27H43N3O3. The summed E-state index contributed by atoms with van der Waals surface area (Å²) in [6, 6.07) is 7.73. The van der Waals surface area contributed by atoms with Gasteiger partial charge in [0.2, 0.25) is 11.8 Å². The fourth-order valence-electron chi connectivity index (χ4n) is 4.01. The van der Waals surface area contributed by atoms with E-state index < -0.39 is 0 Å². The highest BCUT2D eigenvalue weighted by Gasteiger charge is 2.25. The third kappa shape index (κ3) is 9.10. The smallest absolute Gasteiger partial charge is 0.242 e. The Hall–Kier alpha value is -2.50. The van der Waals surface area contributed by atoms with E-state index in [2.05, 4.69) is 13.8 Å². The number of aromatic nitrogens is 1. The molecule has 0 bridgehead atoms. The standard InChI is InChI=1S/C27H43N3O3/c1-5-7-8-9-10-11-12-17-26(31)30(23(3)6-2)22-27(32)29(21-25-16-14-19-33-25)20-24-15-13-18-28(24)4/h13-16,18-19,23H,5-12,17,20-22H2,1-4H3. The van der Waals surface area contributed by atoms with Gasteiger partial charge in [-0.3, -0.25) is 9.59 Å². The zero-order valence-electron chi connectivity index (χ0n) is 21.1. The lowest BCUT2D eigenvalue weighted by atomic mass is 10.1. The predicted molar refractivity (Wildman–Crippen MR) is 132 cm³/mol. The maximum Gasteiger partial charge on any atom is 0.242 e. The minimum atomic E-state index is -0.0548. The molecule has 0 radical (unpaired) electrons. The third-order valence-electron chi connectivity index (χ3n) is 6.43. The van der Waals surface area contributed by atoms with E-state index in [-0.39, 0.29) is 24.4 Å². The van der Waals surface area contributed by atoms with Gasteiger partial charge in [0.05, 0.1) is 19.4 Å². The normalized spacial score (nSPS) is 12.0. The van der Waals surface area contributed by atoms with Crippen molar-refractivity contribution < 1.29 is 14.0 Å². The fraction of sp³-hybridized carbons (Fsp3) is 0.630. The molecule has 0 saturated heterocycles. The second kappa shape index (κ2) is 14.6. The van der Waals surface area contributed by atoms with Crippen molar-refractivity contribution in [2.45, 2.75) is 97.7 Å². The lowest BCUT2D eigenvalue weighted by Crippen LogP contribution is -2.46. The molecule has 0 N–H and O–H groups in total. The molecule has 33 heavy (non-hydrogen) atoms. The van der Waals surface area contributed by atoms with E-state index in [0.29, 0.717) is 19.5 Å². The highest BCUT2D eigenvalue weighted by Crippen LogP contribution is 2.15. The zero-order valence-corrected chi connectivity index (χ0v) is 21.1. The van der Waals surface area contributed by atoms with Crippen LogP contribution in [0, 0.1) is 0 Å². The van der Waals surface area contributed by atoms with E-state index in [0.717, 1.165) is 30.7 Å². The molecule has 2 rings (SSSR count). The van der Waals surface area contributed by atoms with Crippen LogP contribution < -0.4 is 0 Å². The summed E-state index contributed by atoms with van der Waals surface area (Å²) in [5, 5.41) is 0. The second-order valence-electron chi connectivity index (χ2n) is 9.09. The van der Waals surface area contributed by atoms with Crippen LogP contribution in [-0.4, -0.2) is 38.8 Å². The van der Waals surface area contributed by atoms with Crippen LogP contribution in [-0.2, 0) is 29.7 Å². The molecule has 0 aliphatic rings. The topological polar surface area (TPSA) is 58.7 Å². The number of carbonyl (C=O) groups is 2. The predicted octanol–water partition coefficient (Wildman–Crippen LogP) is 5.91. The maximum atomic E-state index is 13.4. The van der Waals surface area contributed by atoms with E-state index >= 15 is 0 Å². The lowest BCUT2D eigenvalue weighted by molar-refractivity contribution is -0.143. The number of aryl methyl sites for hydroxylation is 1. The molecule has 1 atom stereocenters. The van der Waals surface area contributed by atoms with Crippen LogP contribution in [0.15, 0.2) is 41.1 Å². The molecule has 2 heterocycles. The first kappa shape index (κ1) is 26.7. The van der Waals surface area contributed by atoms with Gasteiger partial charge in [0.1, 0.15) is 12.3 Å². The number of hydrogen-bond acceptors (Lipinski definition) is 3. The van der Waals surface area contributed by atoms with Crippen molar-refractivity contribution in [2.75, 3.05) is 6.54 Å². The van der Waals surface area contributed by atoms with Gasteiger partial charge in [-0.1, -0.05) is 52.4 Å². The number of amides is 2. The Morgan fingerprint density at radius 2 is 1.70 bits per heavy atom. The Bertz CT molecular complexity index is 812. The SMILES string of the molecule is CCCCCCCCCC(=O)N(CC(=O)N(Cc1ccco1)Cc1cccn1C)C(C)CC. The molecule has 0 aromatic carbocycles. The van der Waals surface area contributed by atoms with Crippen LogP contribution in [0.5, 0.6) is 0 Å². The van der Waals surface area contributed by atoms with E-state index in [9.17, 15) is 9.59 Å². The molecule has 2 aromatic heterocycles. The number of rotatable bonds is 16. The van der Waals surface area contributed by atoms with Gasteiger partial charge in [-0.2, -0.15) is 0 Å². The first-order valence-corrected chi connectivity index (χ1v) is 12.7. The van der Waals surface area contributed by atoms with Crippen LogP contribution in [0.3, 0.4) is 0 Å². The Morgan fingerprint density at radius 1 is 0.970 bits per heavy atom. The summed E-state index contributed by atoms with van der Waals surface area (Å²) < 4.78 is 7.52. The minimum Gasteiger partial charge on any atom is -0.467 e. The Morgan fingerprint density at radius 3 is 2.30 bits per heavy atom. The van der Waals surface area contributed by atoms with Gasteiger partial charge in [-0.15, -0.1) is 0 Å². The summed E-state index contributed by atoms with van der Waals surface area (Å²) in [5.41, 5.74) is 1.04. The van der Waals surface area contributed by atoms with Crippen LogP contribution in [0.25, 0.3) is 0 Å². The minimum absolute atomic E-state index is 0.0338. The van der Waals surface area contributed by atoms with Gasteiger partial charge in [0.15, 0.2) is 0 Å². The summed E-state index contributed by atoms with van der Waals surface area (Å²) in [5.74, 6) is 0.769. The third-order valence-corrected chi connectivity index (χ3v) is 6.43. The summed E-state index contributed by atoms with van der Waals surface area (Å²) in [7, 11) is 1.97. The van der Waals surface area contributed by atoms with Crippen LogP contribution in [0.1, 0.15) is 90.0 Å². The average molecular weight is 458 g/mol. The first-order chi connectivity index (χ1) is 16.0. The fourth-order valence-corrected chi connectivity index (χ4v) is 4.01. The molecular weight excluding hydrogens is 414 g/mol. The van der Waals surface area contributed by atoms with Crippen molar-refractivity contribution in [2.24, 2.45) is 7.05 Å². The van der Waals surface area contributed by atoms with Crippen molar-refractivity contribution in [3.05, 3.63) is 48.2 Å². The Labute approximate surface area is 199 Å². The van der Waals surface area contributed by atoms with E-state index in [1.807, 2.05) is 49.0 Å². The van der Waals surface area contributed by atoms with Crippen molar-refractivity contribution in [1.82, 2.24) is 14.4 Å². The quantitative estimate of drug-likeness (QED) is 0.294. The molecule has 2 aromatic rings. The van der Waals surface area contributed by atoms with Crippen molar-refractivity contribution in [3.63, 3.8) is 0 Å². The zero-order chi connectivity index (χ0) is 24.1. The maximum absolute atomic E-state index is 13.4. The number of furan rings is 1. The van der Waals surface area contributed by atoms with Gasteiger partial charge in [0.25, 0.3) is 0 Å². The van der Waals surface area contributed by atoms with Gasteiger partial charge in [0, 0.05) is 31.4 Å². The number of nitrogens with zero attached hydrogens (tertiary/aromatic N) is 3. The molecule has 0 saturated carbocycles. The van der Waals surface area contributed by atoms with Gasteiger partial charge in [-0.05, 0) is 44.0 Å². The molecule has 2 amide bonds. The molecule has 184 valence electrons. The van der Waals surface area contributed by atoms with E-state index in [1.54, 1.807) is 16.1 Å². The van der Waals surface area contributed by atoms with Crippen LogP contribution >= 0.6 is 0 Å². The van der Waals surface area contributed by atoms with Crippen molar-refractivity contribution in [1.29, 1.82) is 0 Å². The molecule has 6 nitrogen and oxygen atoms in total. The van der Waals surface area contributed by atoms with Gasteiger partial charge < -0.3 is 18.8 Å². The molecule has 0 aliphatic heterocycles. The second-order valence-corrected chi connectivity index (χ2v) is 9.09. The number of unbranched alkanes of at least 4 members (excludes halogenated alkanes) is 6. The summed E-state index contributed by atoms with van der Waals surface area (Å²) in [6.45, 7) is 7.28. The summed E-state index contributed by atoms with van der Waals surface area (Å²) in [6.07, 6.45) is 13.2. The van der Waals surface area contributed by atoms with E-state index in [4.69, 9.17) is 4.42 Å². The molecule has 1 unspecified atom stereocenters. The van der Waals surface area contributed by atoms with Crippen LogP contribution in [0.2, 0.25) is 0 Å². The monoisotopic (exact) mass is 457 g/mol. The molecule has 0 fully saturated rings. The highest BCUT2D eigenvalue weighted by molar-refractivity contribution is 5.85. The summed E-state index contributed by atoms with van der Waals surface area (Å²) >= 11 is 0. The highest BCUT2D eigenvalue weighted by atomic mass is 16.3. The first-order valence-electron chi connectivity index (χ1n) is 12.7. The van der Waals surface area contributed by atoms with E-state index in [1.165, 1.54) is 32.1 Å². The molecule has 0 spiro atoms. The summed E-state index contributed by atoms with van der Waals surface area (Å²) in [4.78, 5) is 30.0. The van der Waals surface area contributed by atoms with Crippen molar-refractivity contribution >= 4 is 11.8 Å². The molecule has 6 heteroatoms. The number of carbonyl (C=O) groups excluding carboxylic acids is 2. The van der Waals surface area contributed by atoms with Gasteiger partial charge in [-0.25, -0.2) is 0 Å². The Kier molecular flexibility index (Phi) is 11.8. The van der Waals surface area contributed by atoms with Crippen molar-refractivity contribution in [3.8, 4) is 0 Å². The average Bonchev–Trinajstić information content (AvgIpc) is 3.47. The van der Waals surface area contributed by atoms with Crippen LogP contribution in [0.4, 0.5) is 0 Å². The number of hydrogen-bond donors (Lipinski definition) is 0. The Balaban J connectivity index is 1.98. The largest absolute Gasteiger partial charge is 0.467 e. The van der Waals surface area contributed by atoms with Gasteiger partial charge >= 0.3 is 0 Å². The lowest BCUT2D eigenvalue weighted by Gasteiger charge is -2.31. The molecule has 0 aliphatic carbocycles.